The molecule has 6 fully saturated rings. The summed E-state index contributed by atoms with van der Waals surface area (Å²) in [6.07, 6.45) is -15.4. The van der Waals surface area contributed by atoms with Crippen molar-refractivity contribution >= 4 is 23.7 Å². The number of carbonyl (C=O) groups excluding carboxylic acids is 2. The van der Waals surface area contributed by atoms with Crippen LogP contribution < -0.4 is 44.8 Å². The SMILES string of the molecule is CCC(=O)ONc1ccn([C@@H]2O[C@H](CO)C(O)[C@@H]2O)c(=O)n1.CN(C)C(=O)ONc1ccn([C@@H]2O[C@H](CO)C(O)[C@@H]2O)c(=O)n1.O=c1ccn([C@@H]2O[C@H](CO)C(O)[C@@]23CC3(F)F)c(=O)[nH]1.O=c1ccn([C@@H]2O[C@H](CO)C(O)[C@]23CC3(F)F)c(=O)[nH]1. The zero-order chi connectivity index (χ0) is 62.8. The molecule has 0 bridgehead atoms. The van der Waals surface area contributed by atoms with Crippen LogP contribution in [0.3, 0.4) is 0 Å². The highest BCUT2D eigenvalue weighted by Gasteiger charge is 2.84. The predicted molar refractivity (Wildman–Crippen MR) is 267 cm³/mol. The maximum absolute atomic E-state index is 13.7. The number of carbonyl (C=O) groups is 2. The molecule has 85 heavy (non-hydrogen) atoms. The van der Waals surface area contributed by atoms with Crippen LogP contribution in [0.1, 0.15) is 51.1 Å². The van der Waals surface area contributed by atoms with Crippen molar-refractivity contribution in [3.8, 4) is 0 Å². The van der Waals surface area contributed by atoms with E-state index in [-0.39, 0.29) is 18.1 Å². The van der Waals surface area contributed by atoms with Gasteiger partial charge >= 0.3 is 34.8 Å². The van der Waals surface area contributed by atoms with Gasteiger partial charge in [0.2, 0.25) is 0 Å². The molecule has 4 aliphatic heterocycles. The molecule has 35 nitrogen and oxygen atoms in total. The number of halogens is 4. The molecule has 4 unspecified atom stereocenters. The fraction of sp³-hybridized carbons (Fsp3) is 0.609. The van der Waals surface area contributed by atoms with Gasteiger partial charge in [-0.05, 0) is 0 Å². The van der Waals surface area contributed by atoms with Gasteiger partial charge in [-0.3, -0.25) is 37.8 Å². The van der Waals surface area contributed by atoms with E-state index in [2.05, 4.69) is 30.6 Å². The van der Waals surface area contributed by atoms with Crippen molar-refractivity contribution in [3.63, 3.8) is 0 Å². The highest BCUT2D eigenvalue weighted by atomic mass is 19.3. The van der Waals surface area contributed by atoms with E-state index >= 15 is 0 Å². The Kier molecular flexibility index (Phi) is 19.7. The maximum atomic E-state index is 13.7. The molecule has 8 heterocycles. The molecular formula is C46H59F4N11O24. The van der Waals surface area contributed by atoms with E-state index in [0.29, 0.717) is 0 Å². The number of hydrogen-bond acceptors (Lipinski definition) is 28. The topological polar surface area (TPSA) is 499 Å². The van der Waals surface area contributed by atoms with Crippen LogP contribution >= 0.6 is 0 Å². The summed E-state index contributed by atoms with van der Waals surface area (Å²) in [4.78, 5) is 113. The van der Waals surface area contributed by atoms with E-state index in [9.17, 15) is 86.6 Å². The molecule has 10 rings (SSSR count). The number of aliphatic hydroxyl groups is 10. The van der Waals surface area contributed by atoms with Gasteiger partial charge in [0, 0.05) is 82.4 Å². The summed E-state index contributed by atoms with van der Waals surface area (Å²) in [5.74, 6) is -6.93. The number of rotatable bonds is 13. The molecule has 470 valence electrons. The zero-order valence-corrected chi connectivity index (χ0v) is 44.5. The van der Waals surface area contributed by atoms with Crippen molar-refractivity contribution in [2.75, 3.05) is 51.5 Å². The van der Waals surface area contributed by atoms with Crippen LogP contribution in [-0.4, -0.2) is 220 Å². The van der Waals surface area contributed by atoms with Gasteiger partial charge in [-0.1, -0.05) is 6.92 Å². The van der Waals surface area contributed by atoms with E-state index in [4.69, 9.17) is 39.4 Å². The first-order valence-corrected chi connectivity index (χ1v) is 25.3. The largest absolute Gasteiger partial charge is 0.433 e. The summed E-state index contributed by atoms with van der Waals surface area (Å²) < 4.78 is 79.2. The van der Waals surface area contributed by atoms with Crippen molar-refractivity contribution in [2.24, 2.45) is 10.8 Å². The van der Waals surface area contributed by atoms with Crippen molar-refractivity contribution in [1.29, 1.82) is 0 Å². The molecule has 14 N–H and O–H groups in total. The van der Waals surface area contributed by atoms with Crippen molar-refractivity contribution < 1.29 is 107 Å². The van der Waals surface area contributed by atoms with E-state index in [1.165, 1.54) is 43.5 Å². The first-order chi connectivity index (χ1) is 40.0. The Morgan fingerprint density at radius 1 is 0.588 bits per heavy atom. The molecule has 0 radical (unpaired) electrons. The lowest BCUT2D eigenvalue weighted by molar-refractivity contribution is -0.140. The second-order valence-corrected chi connectivity index (χ2v) is 19.9. The fourth-order valence-corrected chi connectivity index (χ4v) is 9.55. The Balaban J connectivity index is 0.000000163. The monoisotopic (exact) mass is 1230 g/mol. The Hall–Kier alpha value is -7.38. The number of nitrogens with zero attached hydrogens (tertiary/aromatic N) is 7. The van der Waals surface area contributed by atoms with E-state index in [1.54, 1.807) is 6.92 Å². The lowest BCUT2D eigenvalue weighted by Gasteiger charge is -2.21. The smallest absolute Gasteiger partial charge is 0.394 e. The molecule has 4 aromatic heterocycles. The average molecular weight is 1230 g/mol. The van der Waals surface area contributed by atoms with Crippen LogP contribution in [0.25, 0.3) is 0 Å². The third kappa shape index (κ3) is 12.8. The third-order valence-electron chi connectivity index (χ3n) is 14.4. The summed E-state index contributed by atoms with van der Waals surface area (Å²) in [7, 11) is 2.97. The first kappa shape index (κ1) is 65.2. The van der Waals surface area contributed by atoms with Gasteiger partial charge in [0.25, 0.3) is 23.0 Å². The predicted octanol–water partition coefficient (Wildman–Crippen LogP) is -6.36. The number of nitrogens with one attached hydrogen (secondary N) is 4. The molecule has 39 heteroatoms. The summed E-state index contributed by atoms with van der Waals surface area (Å²) in [5.41, 5.74) is -4.17. The van der Waals surface area contributed by atoms with Gasteiger partial charge < -0.3 is 84.6 Å². The summed E-state index contributed by atoms with van der Waals surface area (Å²) in [6.45, 7) is -0.682. The van der Waals surface area contributed by atoms with Gasteiger partial charge in [-0.2, -0.15) is 15.4 Å². The molecule has 1 amide bonds. The highest BCUT2D eigenvalue weighted by Crippen LogP contribution is 2.72. The van der Waals surface area contributed by atoms with Crippen LogP contribution in [0.2, 0.25) is 0 Å². The molecule has 2 saturated carbocycles. The van der Waals surface area contributed by atoms with Crippen LogP contribution in [0.5, 0.6) is 0 Å². The van der Waals surface area contributed by atoms with Gasteiger partial charge in [-0.25, -0.2) is 51.8 Å². The minimum Gasteiger partial charge on any atom is -0.394 e. The van der Waals surface area contributed by atoms with Crippen LogP contribution in [0.15, 0.2) is 77.8 Å². The van der Waals surface area contributed by atoms with Gasteiger partial charge in [0.15, 0.2) is 36.5 Å². The Morgan fingerprint density at radius 2 is 0.941 bits per heavy atom. The molecule has 6 aliphatic rings. The number of anilines is 2. The summed E-state index contributed by atoms with van der Waals surface area (Å²) in [5, 5.41) is 95.2. The van der Waals surface area contributed by atoms with Crippen molar-refractivity contribution in [2.45, 2.75) is 124 Å². The Bertz CT molecular complexity index is 3290. The van der Waals surface area contributed by atoms with Crippen LogP contribution in [-0.2, 0) is 33.4 Å². The normalized spacial score (nSPS) is 32.4. The number of aromatic amines is 2. The molecule has 2 spiro atoms. The quantitative estimate of drug-likeness (QED) is 0.0437. The summed E-state index contributed by atoms with van der Waals surface area (Å²) >= 11 is 0. The molecule has 4 aromatic rings. The average Bonchev–Trinajstić information content (AvgIpc) is 1.61. The Morgan fingerprint density at radius 3 is 1.24 bits per heavy atom. The fourth-order valence-electron chi connectivity index (χ4n) is 9.55. The standard InChI is InChI=1S/C12H18N4O7.C12H17N3O7.2C11H12F2N2O5/c1-15(2)12(21)23-14-7-3-4-16(11(20)13-7)10-9(19)8(18)6(5-17)22-10;1-2-8(17)22-14-7-3-4-15(12(20)13-7)11-10(19)9(18)6(5-16)21-11;2*12-11(13)4-10(11)7(18)5(3-16)20-8(10)15-2-1-6(17)14-9(15)19/h3-4,6,8-10,17-19H,5H2,1-2H3,(H,13,14,20);3-4,6,9-11,16,18-19H,2,5H2,1H3,(H,13,14,20);2*1-2,5,7-8,16,18H,3-4H2,(H,14,17,19)/t6-,8?,9+,10-;6-,9?,10+,11-;5-,7?,8-,10+;5-,7?,8-,10-/m1111/s1. The Labute approximate surface area is 470 Å². The molecule has 16 atom stereocenters. The molecule has 0 aromatic carbocycles. The maximum Gasteiger partial charge on any atom is 0.433 e. The van der Waals surface area contributed by atoms with Gasteiger partial charge in [0.05, 0.1) is 38.6 Å². The lowest BCUT2D eigenvalue weighted by atomic mass is 9.95. The van der Waals surface area contributed by atoms with Gasteiger partial charge in [0.1, 0.15) is 59.7 Å². The molecule has 4 saturated heterocycles. The van der Waals surface area contributed by atoms with Gasteiger partial charge in [-0.15, -0.1) is 0 Å². The minimum absolute atomic E-state index is 0.00907. The molecular weight excluding hydrogens is 1170 g/mol. The van der Waals surface area contributed by atoms with Crippen LogP contribution in [0, 0.1) is 10.8 Å². The van der Waals surface area contributed by atoms with E-state index in [0.717, 1.165) is 42.8 Å². The summed E-state index contributed by atoms with van der Waals surface area (Å²) in [6, 6.07) is 4.65. The number of H-pyrrole nitrogens is 2. The second kappa shape index (κ2) is 25.7. The second-order valence-electron chi connectivity index (χ2n) is 19.9. The first-order valence-electron chi connectivity index (χ1n) is 25.3. The third-order valence-corrected chi connectivity index (χ3v) is 14.4. The van der Waals surface area contributed by atoms with Crippen LogP contribution in [0.4, 0.5) is 34.0 Å². The number of aromatic nitrogens is 8. The number of aliphatic hydroxyl groups excluding tert-OH is 10. The van der Waals surface area contributed by atoms with Crippen molar-refractivity contribution in [3.05, 3.63) is 112 Å². The number of hydrogen-bond donors (Lipinski definition) is 14. The highest BCUT2D eigenvalue weighted by molar-refractivity contribution is 5.69. The van der Waals surface area contributed by atoms with Crippen molar-refractivity contribution in [1.82, 2.24) is 43.1 Å². The van der Waals surface area contributed by atoms with E-state index < -0.39 is 194 Å². The zero-order valence-electron chi connectivity index (χ0n) is 44.5. The number of amides is 1. The number of ether oxygens (including phenoxy) is 4. The molecule has 2 aliphatic carbocycles. The lowest BCUT2D eigenvalue weighted by Crippen LogP contribution is -2.38. The number of alkyl halides is 4. The minimum atomic E-state index is -3.20. The van der Waals surface area contributed by atoms with E-state index in [1.807, 2.05) is 9.97 Å².